The quantitative estimate of drug-likeness (QED) is 0.927. The molecule has 1 heterocycles. The minimum Gasteiger partial charge on any atom is -0.393 e. The lowest BCUT2D eigenvalue weighted by atomic mass is 10.1. The Morgan fingerprint density at radius 2 is 2.05 bits per heavy atom. The molecule has 1 fully saturated rings. The highest BCUT2D eigenvalue weighted by Gasteiger charge is 2.35. The summed E-state index contributed by atoms with van der Waals surface area (Å²) in [6.07, 6.45) is 1.72. The molecule has 1 aliphatic heterocycles. The van der Waals surface area contributed by atoms with Crippen LogP contribution in [0, 0.1) is 13.8 Å². The van der Waals surface area contributed by atoms with Crippen LogP contribution in [0.1, 0.15) is 37.3 Å². The number of nitrogens with zero attached hydrogens (tertiary/aromatic N) is 1. The predicted molar refractivity (Wildman–Crippen MR) is 79.1 cm³/mol. The van der Waals surface area contributed by atoms with Crippen molar-refractivity contribution in [2.45, 2.75) is 57.1 Å². The molecule has 0 saturated carbocycles. The van der Waals surface area contributed by atoms with Crippen LogP contribution in [0.2, 0.25) is 0 Å². The molecule has 20 heavy (non-hydrogen) atoms. The molecule has 0 aliphatic carbocycles. The summed E-state index contributed by atoms with van der Waals surface area (Å²) in [4.78, 5) is 0.359. The van der Waals surface area contributed by atoms with Crippen LogP contribution >= 0.6 is 0 Å². The lowest BCUT2D eigenvalue weighted by molar-refractivity contribution is 0.158. The standard InChI is InChI=1S/C15H23NO3S/c1-11-6-7-15(9-12(11)2)20(18,19)16-8-4-5-14(16)10-13(3)17/h6-7,9,13-14,17H,4-5,8,10H2,1-3H3. The summed E-state index contributed by atoms with van der Waals surface area (Å²) in [5.74, 6) is 0. The summed E-state index contributed by atoms with van der Waals surface area (Å²) in [5.41, 5.74) is 2.07. The molecule has 0 bridgehead atoms. The van der Waals surface area contributed by atoms with E-state index >= 15 is 0 Å². The van der Waals surface area contributed by atoms with Crippen molar-refractivity contribution in [1.29, 1.82) is 0 Å². The van der Waals surface area contributed by atoms with Crippen molar-refractivity contribution in [3.63, 3.8) is 0 Å². The molecule has 0 aromatic heterocycles. The topological polar surface area (TPSA) is 57.6 Å². The first-order valence-electron chi connectivity index (χ1n) is 7.09. The first kappa shape index (κ1) is 15.5. The van der Waals surface area contributed by atoms with E-state index in [1.807, 2.05) is 19.9 Å². The minimum absolute atomic E-state index is 0.0818. The minimum atomic E-state index is -3.45. The van der Waals surface area contributed by atoms with Crippen LogP contribution < -0.4 is 0 Å². The van der Waals surface area contributed by atoms with Gasteiger partial charge in [0.25, 0.3) is 0 Å². The van der Waals surface area contributed by atoms with Gasteiger partial charge >= 0.3 is 0 Å². The molecule has 5 heteroatoms. The van der Waals surface area contributed by atoms with Gasteiger partial charge in [-0.1, -0.05) is 6.07 Å². The Morgan fingerprint density at radius 1 is 1.35 bits per heavy atom. The lowest BCUT2D eigenvalue weighted by Gasteiger charge is -2.25. The van der Waals surface area contributed by atoms with Crippen LogP contribution in [0.15, 0.2) is 23.1 Å². The van der Waals surface area contributed by atoms with Gasteiger partial charge in [0.2, 0.25) is 10.0 Å². The van der Waals surface area contributed by atoms with Crippen LogP contribution in [0.3, 0.4) is 0 Å². The number of aryl methyl sites for hydroxylation is 2. The molecule has 2 atom stereocenters. The number of rotatable bonds is 4. The van der Waals surface area contributed by atoms with E-state index in [9.17, 15) is 13.5 Å². The van der Waals surface area contributed by atoms with Gasteiger partial charge in [0.05, 0.1) is 11.0 Å². The SMILES string of the molecule is Cc1ccc(S(=O)(=O)N2CCCC2CC(C)O)cc1C. The van der Waals surface area contributed by atoms with Crippen molar-refractivity contribution in [3.05, 3.63) is 29.3 Å². The van der Waals surface area contributed by atoms with E-state index < -0.39 is 16.1 Å². The summed E-state index contributed by atoms with van der Waals surface area (Å²) in [5, 5.41) is 9.53. The number of sulfonamides is 1. The van der Waals surface area contributed by atoms with Crippen molar-refractivity contribution in [3.8, 4) is 0 Å². The Balaban J connectivity index is 2.31. The van der Waals surface area contributed by atoms with Gasteiger partial charge in [-0.15, -0.1) is 0 Å². The molecule has 0 amide bonds. The van der Waals surface area contributed by atoms with E-state index in [4.69, 9.17) is 0 Å². The van der Waals surface area contributed by atoms with Crippen LogP contribution in [0.25, 0.3) is 0 Å². The van der Waals surface area contributed by atoms with Crippen molar-refractivity contribution in [2.75, 3.05) is 6.54 Å². The lowest BCUT2D eigenvalue weighted by Crippen LogP contribution is -2.37. The summed E-state index contributed by atoms with van der Waals surface area (Å²) in [6.45, 7) is 6.15. The van der Waals surface area contributed by atoms with E-state index in [1.54, 1.807) is 23.4 Å². The van der Waals surface area contributed by atoms with E-state index in [1.165, 1.54) is 0 Å². The molecule has 112 valence electrons. The molecule has 0 radical (unpaired) electrons. The van der Waals surface area contributed by atoms with Crippen LogP contribution in [0.5, 0.6) is 0 Å². The monoisotopic (exact) mass is 297 g/mol. The van der Waals surface area contributed by atoms with Crippen LogP contribution in [-0.2, 0) is 10.0 Å². The Kier molecular flexibility index (Phi) is 4.52. The zero-order valence-electron chi connectivity index (χ0n) is 12.3. The zero-order valence-corrected chi connectivity index (χ0v) is 13.2. The van der Waals surface area contributed by atoms with E-state index in [-0.39, 0.29) is 6.04 Å². The maximum atomic E-state index is 12.7. The summed E-state index contributed by atoms with van der Waals surface area (Å²) >= 11 is 0. The third kappa shape index (κ3) is 3.05. The van der Waals surface area contributed by atoms with Crippen molar-refractivity contribution in [2.24, 2.45) is 0 Å². The molecular formula is C15H23NO3S. The number of benzene rings is 1. The maximum Gasteiger partial charge on any atom is 0.243 e. The van der Waals surface area contributed by atoms with Gasteiger partial charge in [0, 0.05) is 12.6 Å². The highest BCUT2D eigenvalue weighted by Crippen LogP contribution is 2.29. The summed E-state index contributed by atoms with van der Waals surface area (Å²) < 4.78 is 27.0. The van der Waals surface area contributed by atoms with E-state index in [2.05, 4.69) is 0 Å². The number of hydrogen-bond donors (Lipinski definition) is 1. The van der Waals surface area contributed by atoms with Crippen LogP contribution in [-0.4, -0.2) is 36.5 Å². The summed E-state index contributed by atoms with van der Waals surface area (Å²) in [7, 11) is -3.45. The Morgan fingerprint density at radius 3 is 2.65 bits per heavy atom. The van der Waals surface area contributed by atoms with Gasteiger partial charge in [-0.05, 0) is 63.3 Å². The van der Waals surface area contributed by atoms with Crippen molar-refractivity contribution >= 4 is 10.0 Å². The summed E-state index contributed by atoms with van der Waals surface area (Å²) in [6, 6.07) is 5.18. The number of hydrogen-bond acceptors (Lipinski definition) is 3. The van der Waals surface area contributed by atoms with Gasteiger partial charge < -0.3 is 5.11 Å². The highest BCUT2D eigenvalue weighted by atomic mass is 32.2. The second-order valence-electron chi connectivity index (χ2n) is 5.74. The third-order valence-electron chi connectivity index (χ3n) is 4.02. The van der Waals surface area contributed by atoms with Gasteiger partial charge in [-0.2, -0.15) is 4.31 Å². The second kappa shape index (κ2) is 5.84. The molecule has 1 aromatic rings. The predicted octanol–water partition coefficient (Wildman–Crippen LogP) is 2.23. The van der Waals surface area contributed by atoms with Gasteiger partial charge in [-0.25, -0.2) is 8.42 Å². The van der Waals surface area contributed by atoms with Gasteiger partial charge in [0.1, 0.15) is 0 Å². The van der Waals surface area contributed by atoms with E-state index in [0.717, 1.165) is 24.0 Å². The smallest absolute Gasteiger partial charge is 0.243 e. The third-order valence-corrected chi connectivity index (χ3v) is 5.97. The Hall–Kier alpha value is -0.910. The fourth-order valence-corrected chi connectivity index (χ4v) is 4.55. The number of aliphatic hydroxyl groups excluding tert-OH is 1. The second-order valence-corrected chi connectivity index (χ2v) is 7.63. The Bertz CT molecular complexity index is 581. The van der Waals surface area contributed by atoms with Crippen LogP contribution in [0.4, 0.5) is 0 Å². The van der Waals surface area contributed by atoms with Crippen molar-refractivity contribution in [1.82, 2.24) is 4.31 Å². The first-order chi connectivity index (χ1) is 9.32. The molecule has 1 N–H and O–H groups in total. The average Bonchev–Trinajstić information content (AvgIpc) is 2.80. The molecule has 2 unspecified atom stereocenters. The molecule has 0 spiro atoms. The molecular weight excluding hydrogens is 274 g/mol. The molecule has 4 nitrogen and oxygen atoms in total. The largest absolute Gasteiger partial charge is 0.393 e. The Labute approximate surface area is 121 Å². The van der Waals surface area contributed by atoms with Gasteiger partial charge in [0.15, 0.2) is 0 Å². The fraction of sp³-hybridized carbons (Fsp3) is 0.600. The highest BCUT2D eigenvalue weighted by molar-refractivity contribution is 7.89. The normalized spacial score (nSPS) is 22.1. The van der Waals surface area contributed by atoms with E-state index in [0.29, 0.717) is 17.9 Å². The first-order valence-corrected chi connectivity index (χ1v) is 8.53. The molecule has 2 rings (SSSR count). The molecule has 1 aromatic carbocycles. The number of aliphatic hydroxyl groups is 1. The molecule has 1 aliphatic rings. The van der Waals surface area contributed by atoms with Gasteiger partial charge in [-0.3, -0.25) is 0 Å². The maximum absolute atomic E-state index is 12.7. The zero-order chi connectivity index (χ0) is 14.9. The fourth-order valence-electron chi connectivity index (χ4n) is 2.76. The van der Waals surface area contributed by atoms with Crippen molar-refractivity contribution < 1.29 is 13.5 Å². The average molecular weight is 297 g/mol. The molecule has 1 saturated heterocycles.